The van der Waals surface area contributed by atoms with Crippen LogP contribution >= 0.6 is 11.6 Å². The summed E-state index contributed by atoms with van der Waals surface area (Å²) in [5.41, 5.74) is 5.41. The molecule has 3 rings (SSSR count). The number of aromatic nitrogens is 2. The van der Waals surface area contributed by atoms with Crippen molar-refractivity contribution in [3.8, 4) is 12.3 Å². The minimum Gasteiger partial charge on any atom is -0.388 e. The number of terminal acetylenes is 1. The highest BCUT2D eigenvalue weighted by Crippen LogP contribution is 2.61. The van der Waals surface area contributed by atoms with Gasteiger partial charge >= 0.3 is 5.69 Å². The zero-order chi connectivity index (χ0) is 15.6. The van der Waals surface area contributed by atoms with Crippen molar-refractivity contribution in [1.82, 2.24) is 9.55 Å². The maximum atomic E-state index is 12.1. The molecule has 3 N–H and O–H groups in total. The summed E-state index contributed by atoms with van der Waals surface area (Å²) in [6.45, 7) is 3.17. The molecule has 3 heterocycles. The monoisotopic (exact) mass is 311 g/mol. The van der Waals surface area contributed by atoms with Crippen molar-refractivity contribution < 1.29 is 14.6 Å². The molecule has 2 saturated heterocycles. The van der Waals surface area contributed by atoms with Crippen molar-refractivity contribution >= 4 is 17.4 Å². The zero-order valence-electron chi connectivity index (χ0n) is 11.4. The Hall–Kier alpha value is -1.59. The lowest BCUT2D eigenvalue weighted by atomic mass is 10.0. The molecule has 21 heavy (non-hydrogen) atoms. The number of hydrogen-bond acceptors (Lipinski definition) is 6. The molecule has 2 aliphatic heterocycles. The first-order valence-corrected chi connectivity index (χ1v) is 6.70. The molecule has 2 aliphatic rings. The Morgan fingerprint density at radius 2 is 2.33 bits per heavy atom. The number of epoxide rings is 1. The van der Waals surface area contributed by atoms with Crippen LogP contribution in [0.5, 0.6) is 0 Å². The van der Waals surface area contributed by atoms with Crippen molar-refractivity contribution in [2.45, 2.75) is 42.9 Å². The van der Waals surface area contributed by atoms with Gasteiger partial charge in [-0.25, -0.2) is 4.79 Å². The van der Waals surface area contributed by atoms with Gasteiger partial charge in [-0.15, -0.1) is 6.42 Å². The Morgan fingerprint density at radius 3 is 2.86 bits per heavy atom. The fourth-order valence-corrected chi connectivity index (χ4v) is 3.07. The van der Waals surface area contributed by atoms with Crippen LogP contribution in [0.15, 0.2) is 10.9 Å². The van der Waals surface area contributed by atoms with Crippen molar-refractivity contribution in [3.05, 3.63) is 22.2 Å². The number of aryl methyl sites for hydroxylation is 1. The third-order valence-corrected chi connectivity index (χ3v) is 4.35. The summed E-state index contributed by atoms with van der Waals surface area (Å²) in [4.78, 5) is 14.4. The molecular formula is C13H14ClN3O4. The minimum absolute atomic E-state index is 0.0966. The van der Waals surface area contributed by atoms with E-state index in [1.165, 1.54) is 17.6 Å². The number of aliphatic hydroxyl groups is 1. The molecule has 8 heteroatoms. The van der Waals surface area contributed by atoms with Crippen LogP contribution < -0.4 is 11.4 Å². The molecule has 7 nitrogen and oxygen atoms in total. The second-order valence-electron chi connectivity index (χ2n) is 5.25. The van der Waals surface area contributed by atoms with Gasteiger partial charge in [-0.3, -0.25) is 4.57 Å². The second-order valence-corrected chi connectivity index (χ2v) is 5.88. The van der Waals surface area contributed by atoms with E-state index in [4.69, 9.17) is 33.2 Å². The van der Waals surface area contributed by atoms with Gasteiger partial charge in [0.25, 0.3) is 0 Å². The maximum Gasteiger partial charge on any atom is 0.351 e. The largest absolute Gasteiger partial charge is 0.388 e. The van der Waals surface area contributed by atoms with E-state index >= 15 is 0 Å². The number of nitrogen functional groups attached to an aromatic ring is 1. The normalized spacial score (nSPS) is 38.6. The summed E-state index contributed by atoms with van der Waals surface area (Å²) in [6, 6.07) is 1.51. The van der Waals surface area contributed by atoms with E-state index in [1.54, 1.807) is 6.92 Å². The predicted molar refractivity (Wildman–Crippen MR) is 74.5 cm³/mol. The number of alkyl halides is 1. The Kier molecular flexibility index (Phi) is 2.88. The third kappa shape index (κ3) is 1.74. The molecular weight excluding hydrogens is 298 g/mol. The van der Waals surface area contributed by atoms with Gasteiger partial charge in [0.05, 0.1) is 0 Å². The number of rotatable bonds is 2. The number of anilines is 1. The Balaban J connectivity index is 2.12. The molecule has 0 saturated carbocycles. The molecule has 0 aliphatic carbocycles. The van der Waals surface area contributed by atoms with E-state index in [9.17, 15) is 9.90 Å². The number of hydrogen-bond donors (Lipinski definition) is 2. The molecule has 0 bridgehead atoms. The Morgan fingerprint density at radius 1 is 1.67 bits per heavy atom. The number of nitrogens with zero attached hydrogens (tertiary/aromatic N) is 2. The Bertz CT molecular complexity index is 712. The fourth-order valence-electron chi connectivity index (χ4n) is 2.73. The van der Waals surface area contributed by atoms with E-state index in [2.05, 4.69) is 10.9 Å². The van der Waals surface area contributed by atoms with Gasteiger partial charge in [0.1, 0.15) is 11.9 Å². The second kappa shape index (κ2) is 4.21. The van der Waals surface area contributed by atoms with E-state index in [-0.39, 0.29) is 5.82 Å². The molecule has 2 fully saturated rings. The van der Waals surface area contributed by atoms with Crippen molar-refractivity contribution in [2.75, 3.05) is 5.73 Å². The van der Waals surface area contributed by atoms with Gasteiger partial charge in [0.2, 0.25) is 5.79 Å². The van der Waals surface area contributed by atoms with Crippen molar-refractivity contribution in [3.63, 3.8) is 0 Å². The first-order chi connectivity index (χ1) is 9.76. The van der Waals surface area contributed by atoms with E-state index in [0.717, 1.165) is 0 Å². The number of aliphatic hydroxyl groups excluding tert-OH is 1. The minimum atomic E-state index is -1.41. The standard InChI is InChI=1S/C13H14ClN3O4/c1-4-12(14)9-13(20-9,7(3)18)21-10(12)17-6(2)5-8(15)16-11(17)19/h1,5,7,9-10,18H,2-3H3,(H2,15,16,19)/t7-,9?,10+,12?,13?/m0/s1. The van der Waals surface area contributed by atoms with Crippen LogP contribution in [0.1, 0.15) is 18.8 Å². The number of ether oxygens (including phenoxy) is 2. The predicted octanol–water partition coefficient (Wildman–Crippen LogP) is -0.251. The molecule has 3 unspecified atom stereocenters. The molecule has 0 amide bonds. The number of fused-ring (bicyclic) bond motifs is 1. The third-order valence-electron chi connectivity index (χ3n) is 3.85. The molecule has 0 radical (unpaired) electrons. The highest BCUT2D eigenvalue weighted by atomic mass is 35.5. The lowest BCUT2D eigenvalue weighted by Gasteiger charge is -2.28. The molecule has 1 aromatic rings. The maximum absolute atomic E-state index is 12.1. The summed E-state index contributed by atoms with van der Waals surface area (Å²) in [6.07, 6.45) is 2.87. The fraction of sp³-hybridized carbons (Fsp3) is 0.538. The van der Waals surface area contributed by atoms with E-state index in [1.807, 2.05) is 0 Å². The first-order valence-electron chi connectivity index (χ1n) is 6.32. The van der Waals surface area contributed by atoms with Crippen molar-refractivity contribution in [2.24, 2.45) is 0 Å². The quantitative estimate of drug-likeness (QED) is 0.443. The van der Waals surface area contributed by atoms with Crippen LogP contribution in [0.25, 0.3) is 0 Å². The van der Waals surface area contributed by atoms with Gasteiger partial charge in [0.15, 0.2) is 17.2 Å². The molecule has 1 aromatic heterocycles. The molecule has 0 aromatic carbocycles. The lowest BCUT2D eigenvalue weighted by Crippen LogP contribution is -2.41. The highest BCUT2D eigenvalue weighted by molar-refractivity contribution is 6.27. The van der Waals surface area contributed by atoms with Gasteiger partial charge in [-0.1, -0.05) is 17.5 Å². The van der Waals surface area contributed by atoms with Crippen LogP contribution in [0.3, 0.4) is 0 Å². The summed E-state index contributed by atoms with van der Waals surface area (Å²) >= 11 is 6.45. The zero-order valence-corrected chi connectivity index (χ0v) is 12.2. The van der Waals surface area contributed by atoms with E-state index in [0.29, 0.717) is 5.69 Å². The van der Waals surface area contributed by atoms with Gasteiger partial charge in [0, 0.05) is 5.69 Å². The topological polar surface area (TPSA) is 103 Å². The molecule has 5 atom stereocenters. The summed E-state index contributed by atoms with van der Waals surface area (Å²) in [7, 11) is 0. The summed E-state index contributed by atoms with van der Waals surface area (Å²) in [5.74, 6) is 1.23. The summed E-state index contributed by atoms with van der Waals surface area (Å²) in [5, 5.41) is 9.83. The highest BCUT2D eigenvalue weighted by Gasteiger charge is 2.79. The average Bonchev–Trinajstić information content (AvgIpc) is 3.07. The van der Waals surface area contributed by atoms with Gasteiger partial charge in [-0.05, 0) is 19.9 Å². The van der Waals surface area contributed by atoms with Gasteiger partial charge in [-0.2, -0.15) is 4.98 Å². The van der Waals surface area contributed by atoms with Crippen molar-refractivity contribution in [1.29, 1.82) is 0 Å². The number of halogens is 1. The lowest BCUT2D eigenvalue weighted by molar-refractivity contribution is -0.164. The van der Waals surface area contributed by atoms with E-state index < -0.39 is 34.8 Å². The van der Waals surface area contributed by atoms with Crippen LogP contribution in [0, 0.1) is 19.3 Å². The molecule has 112 valence electrons. The van der Waals surface area contributed by atoms with Gasteiger partial charge < -0.3 is 20.3 Å². The molecule has 0 spiro atoms. The van der Waals surface area contributed by atoms with Crippen LogP contribution in [-0.4, -0.2) is 37.5 Å². The smallest absolute Gasteiger partial charge is 0.351 e. The first kappa shape index (κ1) is 14.4. The van der Waals surface area contributed by atoms with Crippen LogP contribution in [-0.2, 0) is 9.47 Å². The Labute approximate surface area is 125 Å². The summed E-state index contributed by atoms with van der Waals surface area (Å²) < 4.78 is 12.3. The average molecular weight is 312 g/mol. The van der Waals surface area contributed by atoms with Crippen LogP contribution in [0.4, 0.5) is 5.82 Å². The van der Waals surface area contributed by atoms with Crippen LogP contribution in [0.2, 0.25) is 0 Å². The SMILES string of the molecule is C#CC1(Cl)C2OC2([C@H](C)O)O[C@H]1n1c(C)cc(N)nc1=O. The number of nitrogens with two attached hydrogens (primary N) is 1.